The van der Waals surface area contributed by atoms with E-state index in [1.54, 1.807) is 36.4 Å². The Kier molecular flexibility index (Phi) is 4.75. The summed E-state index contributed by atoms with van der Waals surface area (Å²) in [5.74, 6) is 0.00661. The summed E-state index contributed by atoms with van der Waals surface area (Å²) in [7, 11) is -3.53. The number of rotatable bonds is 6. The largest absolute Gasteiger partial charge is 0.241 e. The number of benzene rings is 1. The SMILES string of the molecule is C=C[C@H](C)[C@@H](NS(=O)(=O)c1ccccc1)c1cccs1. The second-order valence-electron chi connectivity index (χ2n) is 4.52. The van der Waals surface area contributed by atoms with E-state index in [1.165, 1.54) is 11.3 Å². The van der Waals surface area contributed by atoms with E-state index >= 15 is 0 Å². The van der Waals surface area contributed by atoms with Crippen LogP contribution in [0.5, 0.6) is 0 Å². The van der Waals surface area contributed by atoms with Crippen molar-refractivity contribution in [1.29, 1.82) is 0 Å². The van der Waals surface area contributed by atoms with E-state index < -0.39 is 10.0 Å². The van der Waals surface area contributed by atoms with Crippen molar-refractivity contribution in [3.8, 4) is 0 Å². The predicted molar refractivity (Wildman–Crippen MR) is 83.2 cm³/mol. The van der Waals surface area contributed by atoms with Crippen molar-refractivity contribution in [2.75, 3.05) is 0 Å². The van der Waals surface area contributed by atoms with E-state index in [1.807, 2.05) is 24.4 Å². The van der Waals surface area contributed by atoms with Gasteiger partial charge in [0.15, 0.2) is 0 Å². The fourth-order valence-corrected chi connectivity index (χ4v) is 4.16. The molecule has 0 spiro atoms. The molecule has 0 aliphatic rings. The molecular weight excluding hydrogens is 290 g/mol. The van der Waals surface area contributed by atoms with Crippen LogP contribution in [0.4, 0.5) is 0 Å². The molecule has 0 aliphatic carbocycles. The van der Waals surface area contributed by atoms with Gasteiger partial charge in [0.25, 0.3) is 0 Å². The lowest BCUT2D eigenvalue weighted by Crippen LogP contribution is -2.31. The smallest absolute Gasteiger partial charge is 0.207 e. The fraction of sp³-hybridized carbons (Fsp3) is 0.200. The Morgan fingerprint density at radius 1 is 1.20 bits per heavy atom. The summed E-state index contributed by atoms with van der Waals surface area (Å²) < 4.78 is 27.6. The Labute approximate surface area is 124 Å². The summed E-state index contributed by atoms with van der Waals surface area (Å²) in [4.78, 5) is 1.26. The van der Waals surface area contributed by atoms with Gasteiger partial charge in [-0.05, 0) is 29.5 Å². The van der Waals surface area contributed by atoms with Crippen LogP contribution in [-0.2, 0) is 10.0 Å². The lowest BCUT2D eigenvalue weighted by Gasteiger charge is -2.21. The highest BCUT2D eigenvalue weighted by Gasteiger charge is 2.25. The van der Waals surface area contributed by atoms with E-state index in [-0.39, 0.29) is 16.9 Å². The van der Waals surface area contributed by atoms with Crippen LogP contribution < -0.4 is 4.72 Å². The van der Waals surface area contributed by atoms with Gasteiger partial charge in [0, 0.05) is 4.88 Å². The Morgan fingerprint density at radius 2 is 1.90 bits per heavy atom. The molecule has 0 radical (unpaired) electrons. The highest BCUT2D eigenvalue weighted by atomic mass is 32.2. The van der Waals surface area contributed by atoms with Crippen molar-refractivity contribution in [2.24, 2.45) is 5.92 Å². The summed E-state index contributed by atoms with van der Waals surface area (Å²) in [6.07, 6.45) is 1.76. The maximum atomic E-state index is 12.4. The fourth-order valence-electron chi connectivity index (χ4n) is 1.86. The van der Waals surface area contributed by atoms with Crippen molar-refractivity contribution in [2.45, 2.75) is 17.9 Å². The van der Waals surface area contributed by atoms with Gasteiger partial charge < -0.3 is 0 Å². The van der Waals surface area contributed by atoms with Crippen molar-refractivity contribution < 1.29 is 8.42 Å². The third-order valence-electron chi connectivity index (χ3n) is 3.08. The number of hydrogen-bond donors (Lipinski definition) is 1. The maximum absolute atomic E-state index is 12.4. The van der Waals surface area contributed by atoms with Crippen LogP contribution in [0.25, 0.3) is 0 Å². The molecule has 3 nitrogen and oxygen atoms in total. The van der Waals surface area contributed by atoms with Crippen LogP contribution in [0.1, 0.15) is 17.8 Å². The zero-order chi connectivity index (χ0) is 14.6. The summed E-state index contributed by atoms with van der Waals surface area (Å²) in [6.45, 7) is 5.71. The molecule has 0 saturated heterocycles. The molecule has 1 aromatic carbocycles. The predicted octanol–water partition coefficient (Wildman–Crippen LogP) is 3.59. The number of hydrogen-bond acceptors (Lipinski definition) is 3. The minimum atomic E-state index is -3.53. The molecule has 2 rings (SSSR count). The van der Waals surface area contributed by atoms with Gasteiger partial charge in [0.05, 0.1) is 10.9 Å². The first-order valence-electron chi connectivity index (χ1n) is 6.28. The van der Waals surface area contributed by atoms with Gasteiger partial charge in [0.2, 0.25) is 10.0 Å². The lowest BCUT2D eigenvalue weighted by molar-refractivity contribution is 0.503. The first-order valence-corrected chi connectivity index (χ1v) is 8.64. The quantitative estimate of drug-likeness (QED) is 0.829. The van der Waals surface area contributed by atoms with Gasteiger partial charge in [-0.15, -0.1) is 17.9 Å². The first-order chi connectivity index (χ1) is 9.54. The monoisotopic (exact) mass is 307 g/mol. The van der Waals surface area contributed by atoms with Crippen LogP contribution in [-0.4, -0.2) is 8.42 Å². The third-order valence-corrected chi connectivity index (χ3v) is 5.50. The Bertz CT molecular complexity index is 648. The van der Waals surface area contributed by atoms with Crippen LogP contribution in [0.15, 0.2) is 65.4 Å². The molecule has 5 heteroatoms. The summed E-state index contributed by atoms with van der Waals surface area (Å²) >= 11 is 1.54. The number of nitrogens with one attached hydrogen (secondary N) is 1. The summed E-state index contributed by atoms with van der Waals surface area (Å²) in [6, 6.07) is 12.0. The minimum Gasteiger partial charge on any atom is -0.207 e. The second-order valence-corrected chi connectivity index (χ2v) is 7.22. The topological polar surface area (TPSA) is 46.2 Å². The molecule has 0 aliphatic heterocycles. The summed E-state index contributed by atoms with van der Waals surface area (Å²) in [5, 5.41) is 1.94. The molecule has 0 amide bonds. The average molecular weight is 307 g/mol. The first kappa shape index (κ1) is 15.0. The molecule has 0 unspecified atom stereocenters. The molecular formula is C15H17NO2S2. The number of thiophene rings is 1. The van der Waals surface area contributed by atoms with E-state index in [2.05, 4.69) is 11.3 Å². The molecule has 1 aromatic heterocycles. The van der Waals surface area contributed by atoms with Crippen molar-refractivity contribution in [3.05, 3.63) is 65.4 Å². The van der Waals surface area contributed by atoms with Crippen molar-refractivity contribution >= 4 is 21.4 Å². The van der Waals surface area contributed by atoms with E-state index in [0.29, 0.717) is 0 Å². The maximum Gasteiger partial charge on any atom is 0.241 e. The van der Waals surface area contributed by atoms with Crippen molar-refractivity contribution in [1.82, 2.24) is 4.72 Å². The van der Waals surface area contributed by atoms with Gasteiger partial charge in [-0.2, -0.15) is 0 Å². The molecule has 0 fully saturated rings. The molecule has 0 saturated carbocycles. The second kappa shape index (κ2) is 6.35. The molecule has 2 atom stereocenters. The van der Waals surface area contributed by atoms with E-state index in [4.69, 9.17) is 0 Å². The third kappa shape index (κ3) is 3.36. The number of sulfonamides is 1. The standard InChI is InChI=1S/C15H17NO2S2/c1-3-12(2)15(14-10-7-11-19-14)16-20(17,18)13-8-5-4-6-9-13/h3-12,15-16H,1H2,2H3/t12-,15+/m0/s1. The Morgan fingerprint density at radius 3 is 2.45 bits per heavy atom. The minimum absolute atomic E-state index is 0.00661. The van der Waals surface area contributed by atoms with Gasteiger partial charge in [0.1, 0.15) is 0 Å². The van der Waals surface area contributed by atoms with Gasteiger partial charge in [-0.3, -0.25) is 0 Å². The summed E-state index contributed by atoms with van der Waals surface area (Å²) in [5.41, 5.74) is 0. The zero-order valence-corrected chi connectivity index (χ0v) is 12.8. The van der Waals surface area contributed by atoms with Gasteiger partial charge >= 0.3 is 0 Å². The van der Waals surface area contributed by atoms with Crippen LogP contribution >= 0.6 is 11.3 Å². The lowest BCUT2D eigenvalue weighted by atomic mass is 10.0. The van der Waals surface area contributed by atoms with Gasteiger partial charge in [-0.1, -0.05) is 37.3 Å². The van der Waals surface area contributed by atoms with Crippen molar-refractivity contribution in [3.63, 3.8) is 0 Å². The molecule has 1 N–H and O–H groups in total. The highest BCUT2D eigenvalue weighted by Crippen LogP contribution is 2.28. The van der Waals surface area contributed by atoms with Crippen LogP contribution in [0.2, 0.25) is 0 Å². The molecule has 0 bridgehead atoms. The van der Waals surface area contributed by atoms with Crippen LogP contribution in [0.3, 0.4) is 0 Å². The Hall–Kier alpha value is -1.43. The Balaban J connectivity index is 2.31. The average Bonchev–Trinajstić information content (AvgIpc) is 2.99. The van der Waals surface area contributed by atoms with Gasteiger partial charge in [-0.25, -0.2) is 13.1 Å². The zero-order valence-electron chi connectivity index (χ0n) is 11.2. The van der Waals surface area contributed by atoms with E-state index in [0.717, 1.165) is 4.88 Å². The molecule has 106 valence electrons. The molecule has 20 heavy (non-hydrogen) atoms. The van der Waals surface area contributed by atoms with Crippen LogP contribution in [0, 0.1) is 5.92 Å². The van der Waals surface area contributed by atoms with E-state index in [9.17, 15) is 8.42 Å². The normalized spacial score (nSPS) is 14.7. The highest BCUT2D eigenvalue weighted by molar-refractivity contribution is 7.89. The molecule has 2 aromatic rings. The molecule has 1 heterocycles.